The lowest BCUT2D eigenvalue weighted by molar-refractivity contribution is -0.113. The van der Waals surface area contributed by atoms with Gasteiger partial charge in [-0.25, -0.2) is 4.98 Å². The van der Waals surface area contributed by atoms with Crippen LogP contribution >= 0.6 is 23.1 Å². The van der Waals surface area contributed by atoms with Crippen LogP contribution in [0.15, 0.2) is 34.8 Å². The maximum Gasteiger partial charge on any atom is 0.251 e. The largest absolute Gasteiger partial charge is 0.345 e. The maximum atomic E-state index is 12.2. The molecule has 0 aliphatic heterocycles. The van der Waals surface area contributed by atoms with Gasteiger partial charge in [-0.15, -0.1) is 21.5 Å². The second-order valence-electron chi connectivity index (χ2n) is 6.14. The van der Waals surface area contributed by atoms with E-state index in [1.807, 2.05) is 37.4 Å². The third kappa shape index (κ3) is 5.17. The van der Waals surface area contributed by atoms with Crippen LogP contribution in [-0.2, 0) is 18.4 Å². The van der Waals surface area contributed by atoms with Crippen molar-refractivity contribution >= 4 is 40.0 Å². The van der Waals surface area contributed by atoms with E-state index in [1.165, 1.54) is 23.1 Å². The lowest BCUT2D eigenvalue weighted by atomic mass is 10.1. The van der Waals surface area contributed by atoms with Gasteiger partial charge in [-0.1, -0.05) is 29.5 Å². The van der Waals surface area contributed by atoms with Gasteiger partial charge in [-0.3, -0.25) is 9.59 Å². The minimum atomic E-state index is -0.168. The summed E-state index contributed by atoms with van der Waals surface area (Å²) in [6, 6.07) is 7.38. The Balaban J connectivity index is 1.52. The van der Waals surface area contributed by atoms with Gasteiger partial charge in [0.15, 0.2) is 16.1 Å². The van der Waals surface area contributed by atoms with E-state index in [2.05, 4.69) is 25.8 Å². The smallest absolute Gasteiger partial charge is 0.251 e. The topological polar surface area (TPSA) is 102 Å². The minimum absolute atomic E-state index is 0.156. The van der Waals surface area contributed by atoms with Gasteiger partial charge in [0.25, 0.3) is 5.91 Å². The highest BCUT2D eigenvalue weighted by atomic mass is 32.2. The van der Waals surface area contributed by atoms with E-state index < -0.39 is 0 Å². The molecule has 0 aliphatic carbocycles. The van der Waals surface area contributed by atoms with Crippen LogP contribution in [0.25, 0.3) is 0 Å². The summed E-state index contributed by atoms with van der Waals surface area (Å²) in [4.78, 5) is 28.5. The summed E-state index contributed by atoms with van der Waals surface area (Å²) in [5.41, 5.74) is 2.50. The molecule has 146 valence electrons. The van der Waals surface area contributed by atoms with Gasteiger partial charge in [0, 0.05) is 18.0 Å². The molecule has 0 fully saturated rings. The highest BCUT2D eigenvalue weighted by Crippen LogP contribution is 2.18. The van der Waals surface area contributed by atoms with Crippen molar-refractivity contribution in [3.8, 4) is 0 Å². The van der Waals surface area contributed by atoms with Crippen LogP contribution < -0.4 is 10.6 Å². The molecule has 0 spiro atoms. The molecular weight excluding hydrogens is 396 g/mol. The number of benzene rings is 1. The van der Waals surface area contributed by atoms with E-state index >= 15 is 0 Å². The number of thiazole rings is 1. The number of carbonyl (C=O) groups excluding carboxylic acids is 2. The van der Waals surface area contributed by atoms with Crippen LogP contribution in [-0.4, -0.2) is 37.3 Å². The summed E-state index contributed by atoms with van der Waals surface area (Å²) in [6.45, 7) is 4.07. The van der Waals surface area contributed by atoms with Crippen LogP contribution in [0.2, 0.25) is 0 Å². The number of anilines is 1. The molecule has 0 bridgehead atoms. The number of hydrogen-bond donors (Lipinski definition) is 2. The molecule has 0 saturated carbocycles. The Morgan fingerprint density at radius 3 is 2.79 bits per heavy atom. The molecule has 2 N–H and O–H groups in total. The van der Waals surface area contributed by atoms with E-state index in [4.69, 9.17) is 0 Å². The van der Waals surface area contributed by atoms with Crippen molar-refractivity contribution in [3.05, 3.63) is 52.3 Å². The molecule has 0 atom stereocenters. The summed E-state index contributed by atoms with van der Waals surface area (Å²) in [5.74, 6) is 0.482. The highest BCUT2D eigenvalue weighted by Gasteiger charge is 2.13. The molecule has 8 nitrogen and oxygen atoms in total. The zero-order valence-electron chi connectivity index (χ0n) is 15.7. The van der Waals surface area contributed by atoms with Crippen molar-refractivity contribution in [2.45, 2.75) is 25.5 Å². The number of thioether (sulfide) groups is 1. The van der Waals surface area contributed by atoms with Crippen LogP contribution in [0.3, 0.4) is 0 Å². The fourth-order valence-corrected chi connectivity index (χ4v) is 3.80. The molecule has 28 heavy (non-hydrogen) atoms. The first kappa shape index (κ1) is 20.0. The van der Waals surface area contributed by atoms with Crippen molar-refractivity contribution in [3.63, 3.8) is 0 Å². The van der Waals surface area contributed by atoms with Gasteiger partial charge in [-0.2, -0.15) is 0 Å². The molecular formula is C18H20N6O2S2. The first-order chi connectivity index (χ1) is 13.4. The molecule has 3 aromatic rings. The lowest BCUT2D eigenvalue weighted by Crippen LogP contribution is -2.24. The first-order valence-corrected chi connectivity index (χ1v) is 10.4. The molecule has 2 aromatic heterocycles. The molecule has 1 aromatic carbocycles. The normalized spacial score (nSPS) is 10.7. The fraction of sp³-hybridized carbons (Fsp3) is 0.278. The molecule has 0 radical (unpaired) electrons. The Morgan fingerprint density at radius 2 is 2.07 bits per heavy atom. The van der Waals surface area contributed by atoms with Gasteiger partial charge >= 0.3 is 0 Å². The minimum Gasteiger partial charge on any atom is -0.345 e. The molecule has 2 heterocycles. The zero-order valence-corrected chi connectivity index (χ0v) is 17.4. The molecule has 2 amide bonds. The van der Waals surface area contributed by atoms with Crippen LogP contribution in [0.1, 0.15) is 27.4 Å². The summed E-state index contributed by atoms with van der Waals surface area (Å²) < 4.78 is 1.77. The van der Waals surface area contributed by atoms with Crippen molar-refractivity contribution < 1.29 is 9.59 Å². The van der Waals surface area contributed by atoms with Crippen molar-refractivity contribution in [2.24, 2.45) is 7.05 Å². The number of nitrogens with zero attached hydrogens (tertiary/aromatic N) is 4. The van der Waals surface area contributed by atoms with Crippen LogP contribution in [0.5, 0.6) is 0 Å². The molecule has 0 saturated heterocycles. The third-order valence-electron chi connectivity index (χ3n) is 3.81. The Morgan fingerprint density at radius 1 is 1.25 bits per heavy atom. The summed E-state index contributed by atoms with van der Waals surface area (Å²) in [7, 11) is 1.80. The van der Waals surface area contributed by atoms with Gasteiger partial charge in [0.2, 0.25) is 5.91 Å². The Labute approximate surface area is 170 Å². The van der Waals surface area contributed by atoms with E-state index in [0.717, 1.165) is 11.3 Å². The van der Waals surface area contributed by atoms with Crippen molar-refractivity contribution in [1.82, 2.24) is 25.1 Å². The van der Waals surface area contributed by atoms with Gasteiger partial charge in [-0.05, 0) is 26.0 Å². The number of carbonyl (C=O) groups is 2. The first-order valence-electron chi connectivity index (χ1n) is 8.50. The fourth-order valence-electron chi connectivity index (χ4n) is 2.37. The number of rotatable bonds is 7. The average molecular weight is 417 g/mol. The van der Waals surface area contributed by atoms with E-state index in [9.17, 15) is 9.59 Å². The molecule has 0 aliphatic rings. The van der Waals surface area contributed by atoms with Crippen LogP contribution in [0, 0.1) is 13.8 Å². The monoisotopic (exact) mass is 416 g/mol. The number of nitrogens with one attached hydrogen (secondary N) is 2. The SMILES string of the molecule is Cc1cccc(C(=O)NCc2nnc(SCC(=O)Nc3nc(C)cs3)n2C)c1. The maximum absolute atomic E-state index is 12.2. The predicted octanol–water partition coefficient (Wildman–Crippen LogP) is 2.55. The molecule has 10 heteroatoms. The number of aromatic nitrogens is 4. The molecule has 0 unspecified atom stereocenters. The Kier molecular flexibility index (Phi) is 6.42. The van der Waals surface area contributed by atoms with E-state index in [0.29, 0.717) is 21.7 Å². The van der Waals surface area contributed by atoms with Crippen molar-refractivity contribution in [2.75, 3.05) is 11.1 Å². The standard InChI is InChI=1S/C18H20N6O2S2/c1-11-5-4-6-13(7-11)16(26)19-8-14-22-23-18(24(14)3)28-10-15(25)21-17-20-12(2)9-27-17/h4-7,9H,8,10H2,1-3H3,(H,19,26)(H,20,21,25). The predicted molar refractivity (Wildman–Crippen MR) is 110 cm³/mol. The third-order valence-corrected chi connectivity index (χ3v) is 5.71. The lowest BCUT2D eigenvalue weighted by Gasteiger charge is -2.06. The Bertz CT molecular complexity index is 998. The quantitative estimate of drug-likeness (QED) is 0.574. The number of amides is 2. The highest BCUT2D eigenvalue weighted by molar-refractivity contribution is 7.99. The summed E-state index contributed by atoms with van der Waals surface area (Å²) >= 11 is 2.67. The number of hydrogen-bond acceptors (Lipinski definition) is 7. The van der Waals surface area contributed by atoms with Crippen molar-refractivity contribution in [1.29, 1.82) is 0 Å². The zero-order chi connectivity index (χ0) is 20.1. The van der Waals surface area contributed by atoms with Gasteiger partial charge < -0.3 is 15.2 Å². The van der Waals surface area contributed by atoms with E-state index in [1.54, 1.807) is 17.7 Å². The Hall–Kier alpha value is -2.72. The summed E-state index contributed by atoms with van der Waals surface area (Å²) in [6.07, 6.45) is 0. The summed E-state index contributed by atoms with van der Waals surface area (Å²) in [5, 5.41) is 16.9. The number of aryl methyl sites for hydroxylation is 2. The van der Waals surface area contributed by atoms with Gasteiger partial charge in [0.1, 0.15) is 0 Å². The second-order valence-corrected chi connectivity index (χ2v) is 7.94. The van der Waals surface area contributed by atoms with Crippen LogP contribution in [0.4, 0.5) is 5.13 Å². The second kappa shape index (κ2) is 8.98. The van der Waals surface area contributed by atoms with E-state index in [-0.39, 0.29) is 24.1 Å². The van der Waals surface area contributed by atoms with Gasteiger partial charge in [0.05, 0.1) is 18.0 Å². The molecule has 3 rings (SSSR count). The average Bonchev–Trinajstić information content (AvgIpc) is 3.23.